The summed E-state index contributed by atoms with van der Waals surface area (Å²) in [5.41, 5.74) is 6.65. The van der Waals surface area contributed by atoms with Crippen molar-refractivity contribution in [1.82, 2.24) is 0 Å². The number of phenols is 1. The van der Waals surface area contributed by atoms with Crippen molar-refractivity contribution in [2.24, 2.45) is 10.9 Å². The Kier molecular flexibility index (Phi) is 8.58. The number of benzene rings is 3. The molecule has 3 heteroatoms. The van der Waals surface area contributed by atoms with E-state index in [0.29, 0.717) is 11.7 Å². The van der Waals surface area contributed by atoms with E-state index in [4.69, 9.17) is 4.99 Å². The zero-order valence-corrected chi connectivity index (χ0v) is 28.6. The number of nitrogens with zero attached hydrogens (tertiary/aromatic N) is 1. The van der Waals surface area contributed by atoms with Gasteiger partial charge in [0, 0.05) is 11.0 Å². The number of hydrogen-bond acceptors (Lipinski definition) is 2. The van der Waals surface area contributed by atoms with Crippen LogP contribution < -0.4 is 0 Å². The summed E-state index contributed by atoms with van der Waals surface area (Å²) < 4.78 is 0. The number of hydrogen-bond donors (Lipinski definition) is 1. The minimum Gasteiger partial charge on any atom is -0.507 e. The molecule has 2 nitrogen and oxygen atoms in total. The normalized spacial score (nSPS) is 25.5. The van der Waals surface area contributed by atoms with Gasteiger partial charge in [-0.05, 0) is 94.7 Å². The SMILES string of the molecule is CC(C)(C)c1cc(C(C)(C)C)c(O)c(C2(C3CCCCC3)CCP(C3CCCCC3)C2=Nc2ccc3ccccc3c2)c1. The lowest BCUT2D eigenvalue weighted by Crippen LogP contribution is -2.41. The second kappa shape index (κ2) is 12.0. The number of aromatic hydroxyl groups is 1. The second-order valence-electron chi connectivity index (χ2n) is 15.9. The van der Waals surface area contributed by atoms with Crippen molar-refractivity contribution < 1.29 is 5.11 Å². The van der Waals surface area contributed by atoms with Crippen LogP contribution in [-0.2, 0) is 16.2 Å². The van der Waals surface area contributed by atoms with Crippen LogP contribution in [0.2, 0.25) is 0 Å². The fraction of sp³-hybridized carbons (Fsp3) is 0.575. The number of phenolic OH excluding ortho intramolecular Hbond substituents is 1. The highest BCUT2D eigenvalue weighted by atomic mass is 31.1. The molecule has 6 rings (SSSR count). The van der Waals surface area contributed by atoms with Gasteiger partial charge in [0.05, 0.1) is 11.1 Å². The molecule has 3 fully saturated rings. The number of aliphatic imine (C=N–C) groups is 1. The molecule has 43 heavy (non-hydrogen) atoms. The Bertz CT molecular complexity index is 1480. The Morgan fingerprint density at radius 3 is 2.05 bits per heavy atom. The zero-order valence-electron chi connectivity index (χ0n) is 27.7. The third-order valence-corrected chi connectivity index (χ3v) is 14.1. The Balaban J connectivity index is 1.63. The molecule has 2 aliphatic carbocycles. The highest BCUT2D eigenvalue weighted by Gasteiger charge is 2.54. The van der Waals surface area contributed by atoms with Crippen LogP contribution in [0.15, 0.2) is 59.6 Å². The van der Waals surface area contributed by atoms with Gasteiger partial charge in [-0.1, -0.05) is 130 Å². The van der Waals surface area contributed by atoms with E-state index < -0.39 is 0 Å². The topological polar surface area (TPSA) is 32.6 Å². The first-order valence-electron chi connectivity index (χ1n) is 17.2. The first kappa shape index (κ1) is 30.8. The molecule has 2 saturated carbocycles. The van der Waals surface area contributed by atoms with Gasteiger partial charge < -0.3 is 5.11 Å². The van der Waals surface area contributed by atoms with Crippen molar-refractivity contribution in [1.29, 1.82) is 0 Å². The minimum atomic E-state index is -0.379. The monoisotopic (exact) mass is 595 g/mol. The molecule has 0 amide bonds. The Labute approximate surface area is 262 Å². The maximum Gasteiger partial charge on any atom is 0.123 e. The van der Waals surface area contributed by atoms with Crippen LogP contribution >= 0.6 is 7.92 Å². The van der Waals surface area contributed by atoms with Crippen molar-refractivity contribution in [3.63, 3.8) is 0 Å². The molecule has 1 aliphatic heterocycles. The first-order chi connectivity index (χ1) is 20.5. The summed E-state index contributed by atoms with van der Waals surface area (Å²) in [7, 11) is -0.379. The molecule has 2 atom stereocenters. The average molecular weight is 596 g/mol. The number of rotatable bonds is 4. The lowest BCUT2D eigenvalue weighted by molar-refractivity contribution is 0.256. The summed E-state index contributed by atoms with van der Waals surface area (Å²) in [6.45, 7) is 13.8. The van der Waals surface area contributed by atoms with E-state index in [-0.39, 0.29) is 24.2 Å². The van der Waals surface area contributed by atoms with Crippen LogP contribution in [0.4, 0.5) is 5.69 Å². The molecule has 3 aromatic carbocycles. The quantitative estimate of drug-likeness (QED) is 0.299. The molecule has 230 valence electrons. The van der Waals surface area contributed by atoms with E-state index in [9.17, 15) is 5.11 Å². The Morgan fingerprint density at radius 2 is 1.40 bits per heavy atom. The Morgan fingerprint density at radius 1 is 0.744 bits per heavy atom. The standard InChI is InChI=1S/C40H54NOP/c1-38(2,3)31-26-34(39(4,5)6)36(42)35(27-31)40(30-17-9-7-10-18-30)23-24-43(33-19-11-8-12-20-33)37(40)41-32-22-21-28-15-13-14-16-29(28)25-32/h13-16,21-22,25-27,30,33,42H,7-12,17-20,23-24H2,1-6H3. The van der Waals surface area contributed by atoms with Gasteiger partial charge >= 0.3 is 0 Å². The lowest BCUT2D eigenvalue weighted by atomic mass is 9.62. The predicted molar refractivity (Wildman–Crippen MR) is 188 cm³/mol. The van der Waals surface area contributed by atoms with Gasteiger partial charge in [-0.2, -0.15) is 0 Å². The highest BCUT2D eigenvalue weighted by Crippen LogP contribution is 2.66. The smallest absolute Gasteiger partial charge is 0.123 e. The van der Waals surface area contributed by atoms with Crippen molar-refractivity contribution in [2.75, 3.05) is 6.16 Å². The largest absolute Gasteiger partial charge is 0.507 e. The van der Waals surface area contributed by atoms with Gasteiger partial charge in [-0.15, -0.1) is 0 Å². The van der Waals surface area contributed by atoms with E-state index in [1.807, 2.05) is 0 Å². The van der Waals surface area contributed by atoms with Gasteiger partial charge in [-0.3, -0.25) is 4.99 Å². The van der Waals surface area contributed by atoms with Crippen LogP contribution in [0.25, 0.3) is 10.8 Å². The fourth-order valence-electron chi connectivity index (χ4n) is 8.49. The van der Waals surface area contributed by atoms with Crippen molar-refractivity contribution >= 4 is 29.8 Å². The van der Waals surface area contributed by atoms with Crippen molar-refractivity contribution in [2.45, 2.75) is 134 Å². The minimum absolute atomic E-state index is 0.00142. The van der Waals surface area contributed by atoms with E-state index in [0.717, 1.165) is 23.3 Å². The third-order valence-electron chi connectivity index (χ3n) is 11.0. The molecular formula is C40H54NOP. The van der Waals surface area contributed by atoms with Crippen LogP contribution in [0, 0.1) is 5.92 Å². The van der Waals surface area contributed by atoms with Gasteiger partial charge in [0.15, 0.2) is 0 Å². The van der Waals surface area contributed by atoms with E-state index in [1.54, 1.807) is 0 Å². The molecule has 2 unspecified atom stereocenters. The molecule has 0 bridgehead atoms. The van der Waals surface area contributed by atoms with E-state index in [1.165, 1.54) is 97.7 Å². The van der Waals surface area contributed by atoms with Gasteiger partial charge in [0.1, 0.15) is 5.75 Å². The summed E-state index contributed by atoms with van der Waals surface area (Å²) in [6, 6.07) is 20.3. The molecule has 0 radical (unpaired) electrons. The first-order valence-corrected chi connectivity index (χ1v) is 18.8. The zero-order chi connectivity index (χ0) is 30.4. The fourth-order valence-corrected chi connectivity index (χ4v) is 12.2. The van der Waals surface area contributed by atoms with Crippen molar-refractivity contribution in [3.05, 3.63) is 71.3 Å². The maximum absolute atomic E-state index is 12.4. The van der Waals surface area contributed by atoms with Crippen molar-refractivity contribution in [3.8, 4) is 5.75 Å². The van der Waals surface area contributed by atoms with Gasteiger partial charge in [-0.25, -0.2) is 0 Å². The van der Waals surface area contributed by atoms with Crippen LogP contribution in [0.3, 0.4) is 0 Å². The molecule has 0 spiro atoms. The summed E-state index contributed by atoms with van der Waals surface area (Å²) in [4.78, 5) is 5.83. The average Bonchev–Trinajstić information content (AvgIpc) is 3.36. The summed E-state index contributed by atoms with van der Waals surface area (Å²) in [5.74, 6) is 1.09. The second-order valence-corrected chi connectivity index (χ2v) is 18.5. The number of fused-ring (bicyclic) bond motifs is 1. The molecule has 3 aromatic rings. The maximum atomic E-state index is 12.4. The summed E-state index contributed by atoms with van der Waals surface area (Å²) >= 11 is 0. The van der Waals surface area contributed by atoms with Crippen LogP contribution in [-0.4, -0.2) is 22.4 Å². The van der Waals surface area contributed by atoms with Gasteiger partial charge in [0.2, 0.25) is 0 Å². The Hall–Kier alpha value is -2.18. The molecule has 0 aromatic heterocycles. The molecule has 1 heterocycles. The van der Waals surface area contributed by atoms with E-state index in [2.05, 4.69) is 96.1 Å². The molecule has 1 saturated heterocycles. The molecular weight excluding hydrogens is 541 g/mol. The van der Waals surface area contributed by atoms with Gasteiger partial charge in [0.25, 0.3) is 0 Å². The van der Waals surface area contributed by atoms with Crippen LogP contribution in [0.1, 0.15) is 129 Å². The lowest BCUT2D eigenvalue weighted by Gasteiger charge is -2.44. The molecule has 3 aliphatic rings. The molecule has 1 N–H and O–H groups in total. The highest BCUT2D eigenvalue weighted by molar-refractivity contribution is 7.76. The predicted octanol–water partition coefficient (Wildman–Crippen LogP) is 11.9. The third kappa shape index (κ3) is 5.95. The van der Waals surface area contributed by atoms with E-state index >= 15 is 0 Å². The summed E-state index contributed by atoms with van der Waals surface area (Å²) in [5, 5.41) is 15.0. The summed E-state index contributed by atoms with van der Waals surface area (Å²) in [6.07, 6.45) is 15.6. The van der Waals surface area contributed by atoms with Crippen LogP contribution in [0.5, 0.6) is 5.75 Å².